The summed E-state index contributed by atoms with van der Waals surface area (Å²) in [4.78, 5) is 4.34. The molecule has 114 valence electrons. The third-order valence-corrected chi connectivity index (χ3v) is 7.10. The van der Waals surface area contributed by atoms with Crippen molar-refractivity contribution in [3.05, 3.63) is 53.8 Å². The average molecular weight is 333 g/mol. The van der Waals surface area contributed by atoms with Crippen LogP contribution in [-0.2, 0) is 16.6 Å². The van der Waals surface area contributed by atoms with Gasteiger partial charge in [0.25, 0.3) is 10.0 Å². The van der Waals surface area contributed by atoms with Gasteiger partial charge in [0.2, 0.25) is 0 Å². The lowest BCUT2D eigenvalue weighted by Crippen LogP contribution is -2.32. The Kier molecular flexibility index (Phi) is 3.28. The highest BCUT2D eigenvalue weighted by molar-refractivity contribution is 7.91. The first kappa shape index (κ1) is 13.9. The van der Waals surface area contributed by atoms with Crippen LogP contribution in [0.5, 0.6) is 0 Å². The molecule has 3 heterocycles. The van der Waals surface area contributed by atoms with Gasteiger partial charge in [-0.05, 0) is 36.4 Å². The van der Waals surface area contributed by atoms with Crippen LogP contribution >= 0.6 is 11.3 Å². The Morgan fingerprint density at radius 1 is 1.27 bits per heavy atom. The molecule has 3 aromatic rings. The summed E-state index contributed by atoms with van der Waals surface area (Å²) in [5.41, 5.74) is 1.73. The molecule has 0 radical (unpaired) electrons. The number of hydrogen-bond donors (Lipinski definition) is 0. The van der Waals surface area contributed by atoms with Crippen LogP contribution in [0.3, 0.4) is 0 Å². The van der Waals surface area contributed by atoms with E-state index in [0.29, 0.717) is 10.8 Å². The molecule has 0 unspecified atom stereocenters. The molecule has 0 bridgehead atoms. The summed E-state index contributed by atoms with van der Waals surface area (Å²) in [6, 6.07) is 9.32. The molecule has 1 fully saturated rings. The van der Waals surface area contributed by atoms with E-state index in [4.69, 9.17) is 0 Å². The predicted octanol–water partition coefficient (Wildman–Crippen LogP) is 2.75. The quantitative estimate of drug-likeness (QED) is 0.721. The summed E-state index contributed by atoms with van der Waals surface area (Å²) >= 11 is 1.27. The van der Waals surface area contributed by atoms with Gasteiger partial charge in [-0.1, -0.05) is 12.1 Å². The minimum absolute atomic E-state index is 0.112. The molecule has 4 rings (SSSR count). The summed E-state index contributed by atoms with van der Waals surface area (Å²) in [7, 11) is -3.43. The van der Waals surface area contributed by atoms with Crippen LogP contribution in [0.25, 0.3) is 5.65 Å². The maximum absolute atomic E-state index is 12.8. The van der Waals surface area contributed by atoms with Crippen LogP contribution in [0.1, 0.15) is 18.5 Å². The monoisotopic (exact) mass is 333 g/mol. The van der Waals surface area contributed by atoms with Gasteiger partial charge in [0.15, 0.2) is 0 Å². The molecule has 0 aromatic carbocycles. The number of nitrogens with zero attached hydrogens (tertiary/aromatic N) is 3. The predicted molar refractivity (Wildman–Crippen MR) is 85.3 cm³/mol. The fourth-order valence-corrected chi connectivity index (χ4v) is 5.34. The van der Waals surface area contributed by atoms with Crippen molar-refractivity contribution in [2.75, 3.05) is 0 Å². The van der Waals surface area contributed by atoms with E-state index in [1.54, 1.807) is 28.0 Å². The first-order chi connectivity index (χ1) is 10.7. The second-order valence-electron chi connectivity index (χ2n) is 5.39. The third kappa shape index (κ3) is 2.35. The summed E-state index contributed by atoms with van der Waals surface area (Å²) in [5.74, 6) is 0. The molecule has 1 aliphatic carbocycles. The first-order valence-electron chi connectivity index (χ1n) is 7.12. The van der Waals surface area contributed by atoms with Crippen molar-refractivity contribution >= 4 is 27.0 Å². The van der Waals surface area contributed by atoms with Crippen molar-refractivity contribution in [2.24, 2.45) is 0 Å². The summed E-state index contributed by atoms with van der Waals surface area (Å²) in [6.45, 7) is 0.357. The van der Waals surface area contributed by atoms with Crippen LogP contribution in [0.15, 0.2) is 52.3 Å². The highest BCUT2D eigenvalue weighted by Gasteiger charge is 2.39. The molecule has 1 saturated carbocycles. The first-order valence-corrected chi connectivity index (χ1v) is 9.44. The second-order valence-corrected chi connectivity index (χ2v) is 8.46. The molecule has 0 atom stereocenters. The zero-order chi connectivity index (χ0) is 15.2. The zero-order valence-electron chi connectivity index (χ0n) is 11.8. The number of sulfonamides is 1. The SMILES string of the molecule is O=S(=O)(c1cccs1)N(Cc1cnc2ccccn12)C1CC1. The molecule has 0 spiro atoms. The fraction of sp³-hybridized carbons (Fsp3) is 0.267. The van der Waals surface area contributed by atoms with E-state index in [2.05, 4.69) is 4.98 Å². The normalized spacial score (nSPS) is 15.7. The molecule has 5 nitrogen and oxygen atoms in total. The molecule has 0 amide bonds. The number of pyridine rings is 1. The molecule has 1 aliphatic rings. The Morgan fingerprint density at radius 3 is 2.86 bits per heavy atom. The van der Waals surface area contributed by atoms with Gasteiger partial charge in [0.1, 0.15) is 9.86 Å². The van der Waals surface area contributed by atoms with E-state index in [1.165, 1.54) is 11.3 Å². The van der Waals surface area contributed by atoms with Crippen molar-refractivity contribution < 1.29 is 8.42 Å². The molecule has 3 aromatic heterocycles. The molecular formula is C15H15N3O2S2. The number of imidazole rings is 1. The maximum Gasteiger partial charge on any atom is 0.253 e. The van der Waals surface area contributed by atoms with Gasteiger partial charge in [-0.3, -0.25) is 0 Å². The standard InChI is InChI=1S/C15H15N3O2S2/c19-22(20,15-5-3-9-21-15)18(12-6-7-12)11-13-10-16-14-4-1-2-8-17(13)14/h1-5,8-10,12H,6-7,11H2. The third-order valence-electron chi connectivity index (χ3n) is 3.82. The molecular weight excluding hydrogens is 318 g/mol. The Morgan fingerprint density at radius 2 is 2.14 bits per heavy atom. The molecule has 0 saturated heterocycles. The van der Waals surface area contributed by atoms with E-state index in [-0.39, 0.29) is 6.04 Å². The average Bonchev–Trinajstić information content (AvgIpc) is 3.04. The van der Waals surface area contributed by atoms with Gasteiger partial charge >= 0.3 is 0 Å². The lowest BCUT2D eigenvalue weighted by Gasteiger charge is -2.20. The summed E-state index contributed by atoms with van der Waals surface area (Å²) in [6.07, 6.45) is 5.54. The van der Waals surface area contributed by atoms with Gasteiger partial charge in [0.05, 0.1) is 18.4 Å². The summed E-state index contributed by atoms with van der Waals surface area (Å²) < 4.78 is 29.7. The van der Waals surface area contributed by atoms with Crippen LogP contribution in [-0.4, -0.2) is 28.1 Å². The van der Waals surface area contributed by atoms with Gasteiger partial charge in [-0.2, -0.15) is 4.31 Å². The minimum atomic E-state index is -3.43. The topological polar surface area (TPSA) is 54.7 Å². The zero-order valence-corrected chi connectivity index (χ0v) is 13.4. The van der Waals surface area contributed by atoms with Crippen molar-refractivity contribution in [3.8, 4) is 0 Å². The van der Waals surface area contributed by atoms with Gasteiger partial charge in [-0.15, -0.1) is 11.3 Å². The van der Waals surface area contributed by atoms with Crippen molar-refractivity contribution in [3.63, 3.8) is 0 Å². The van der Waals surface area contributed by atoms with Crippen molar-refractivity contribution in [2.45, 2.75) is 29.6 Å². The van der Waals surface area contributed by atoms with Crippen LogP contribution in [0.4, 0.5) is 0 Å². The molecule has 7 heteroatoms. The smallest absolute Gasteiger partial charge is 0.253 e. The fourth-order valence-electron chi connectivity index (χ4n) is 2.56. The van der Waals surface area contributed by atoms with E-state index in [1.807, 2.05) is 28.8 Å². The van der Waals surface area contributed by atoms with Crippen LogP contribution in [0, 0.1) is 0 Å². The maximum atomic E-state index is 12.8. The molecule has 0 N–H and O–H groups in total. The second kappa shape index (κ2) is 5.19. The van der Waals surface area contributed by atoms with E-state index < -0.39 is 10.0 Å². The number of hydrogen-bond acceptors (Lipinski definition) is 4. The van der Waals surface area contributed by atoms with Crippen molar-refractivity contribution in [1.29, 1.82) is 0 Å². The largest absolute Gasteiger partial charge is 0.303 e. The van der Waals surface area contributed by atoms with Crippen molar-refractivity contribution in [1.82, 2.24) is 13.7 Å². The van der Waals surface area contributed by atoms with Crippen LogP contribution in [0.2, 0.25) is 0 Å². The molecule has 22 heavy (non-hydrogen) atoms. The molecule has 0 aliphatic heterocycles. The Hall–Kier alpha value is -1.70. The Bertz CT molecular complexity index is 896. The van der Waals surface area contributed by atoms with Gasteiger partial charge in [0, 0.05) is 12.2 Å². The van der Waals surface area contributed by atoms with E-state index in [9.17, 15) is 8.42 Å². The number of fused-ring (bicyclic) bond motifs is 1. The Labute approximate surface area is 132 Å². The van der Waals surface area contributed by atoms with Gasteiger partial charge < -0.3 is 4.40 Å². The number of thiophene rings is 1. The Balaban J connectivity index is 1.72. The van der Waals surface area contributed by atoms with Gasteiger partial charge in [-0.25, -0.2) is 13.4 Å². The summed E-state index contributed by atoms with van der Waals surface area (Å²) in [5, 5.41) is 1.80. The van der Waals surface area contributed by atoms with E-state index in [0.717, 1.165) is 24.2 Å². The van der Waals surface area contributed by atoms with E-state index >= 15 is 0 Å². The van der Waals surface area contributed by atoms with Crippen LogP contribution < -0.4 is 0 Å². The lowest BCUT2D eigenvalue weighted by molar-refractivity contribution is 0.394. The number of rotatable bonds is 5. The number of aromatic nitrogens is 2. The highest BCUT2D eigenvalue weighted by Crippen LogP contribution is 2.34. The highest BCUT2D eigenvalue weighted by atomic mass is 32.2. The minimum Gasteiger partial charge on any atom is -0.303 e. The lowest BCUT2D eigenvalue weighted by atomic mass is 10.4.